The number of hydrogen-bond donors (Lipinski definition) is 1. The summed E-state index contributed by atoms with van der Waals surface area (Å²) in [7, 11) is 0. The highest BCUT2D eigenvalue weighted by molar-refractivity contribution is 6.05. The van der Waals surface area contributed by atoms with Gasteiger partial charge in [-0.15, -0.1) is 0 Å². The molecule has 1 saturated heterocycles. The van der Waals surface area contributed by atoms with Gasteiger partial charge >= 0.3 is 0 Å². The summed E-state index contributed by atoms with van der Waals surface area (Å²) in [6.07, 6.45) is 1.56. The number of piperidine rings is 1. The highest BCUT2D eigenvalue weighted by Crippen LogP contribution is 2.29. The molecule has 3 rings (SSSR count). The second-order valence-corrected chi connectivity index (χ2v) is 5.20. The van der Waals surface area contributed by atoms with Gasteiger partial charge in [0.15, 0.2) is 0 Å². The number of nitrogens with one attached hydrogen (secondary N) is 1. The predicted octanol–water partition coefficient (Wildman–Crippen LogP) is 1.01. The molecule has 1 fully saturated rings. The lowest BCUT2D eigenvalue weighted by molar-refractivity contribution is -0.136. The van der Waals surface area contributed by atoms with Crippen LogP contribution in [0.1, 0.15) is 41.3 Å². The Labute approximate surface area is 116 Å². The van der Waals surface area contributed by atoms with Crippen molar-refractivity contribution in [3.63, 3.8) is 0 Å². The molecule has 104 valence electrons. The Morgan fingerprint density at radius 1 is 1.30 bits per heavy atom. The Morgan fingerprint density at radius 3 is 2.80 bits per heavy atom. The lowest BCUT2D eigenvalue weighted by Crippen LogP contribution is -2.52. The van der Waals surface area contributed by atoms with E-state index in [9.17, 15) is 14.4 Å². The molecule has 1 aromatic rings. The van der Waals surface area contributed by atoms with Crippen LogP contribution in [0.25, 0.3) is 0 Å². The minimum absolute atomic E-state index is 0.107. The average molecular weight is 272 g/mol. The molecule has 2 aliphatic rings. The van der Waals surface area contributed by atoms with Gasteiger partial charge in [-0.05, 0) is 30.0 Å². The largest absolute Gasteiger partial charge is 0.322 e. The molecule has 0 unspecified atom stereocenters. The van der Waals surface area contributed by atoms with Crippen molar-refractivity contribution in [1.82, 2.24) is 10.2 Å². The zero-order chi connectivity index (χ0) is 14.3. The van der Waals surface area contributed by atoms with Crippen molar-refractivity contribution >= 4 is 17.7 Å². The summed E-state index contributed by atoms with van der Waals surface area (Å²) in [5, 5.41) is 2.31. The predicted molar refractivity (Wildman–Crippen MR) is 71.9 cm³/mol. The van der Waals surface area contributed by atoms with Gasteiger partial charge in [0.2, 0.25) is 11.8 Å². The number of imide groups is 1. The maximum absolute atomic E-state index is 12.5. The fourth-order valence-electron chi connectivity index (χ4n) is 2.98. The van der Waals surface area contributed by atoms with Crippen LogP contribution in [0.5, 0.6) is 0 Å². The smallest absolute Gasteiger partial charge is 0.255 e. The van der Waals surface area contributed by atoms with Crippen LogP contribution in [0.15, 0.2) is 18.2 Å². The Balaban J connectivity index is 1.90. The molecule has 1 atom stereocenters. The number of hydrogen-bond acceptors (Lipinski definition) is 3. The first-order chi connectivity index (χ1) is 9.61. The number of amides is 3. The van der Waals surface area contributed by atoms with Gasteiger partial charge in [-0.1, -0.05) is 19.1 Å². The van der Waals surface area contributed by atoms with Gasteiger partial charge in [-0.3, -0.25) is 19.7 Å². The number of fused-ring (bicyclic) bond motifs is 1. The zero-order valence-corrected chi connectivity index (χ0v) is 11.3. The van der Waals surface area contributed by atoms with Gasteiger partial charge in [-0.25, -0.2) is 0 Å². The number of rotatable bonds is 2. The van der Waals surface area contributed by atoms with Crippen molar-refractivity contribution in [2.45, 2.75) is 38.8 Å². The van der Waals surface area contributed by atoms with E-state index >= 15 is 0 Å². The van der Waals surface area contributed by atoms with E-state index in [2.05, 4.69) is 12.2 Å². The van der Waals surface area contributed by atoms with E-state index in [0.717, 1.165) is 17.5 Å². The summed E-state index contributed by atoms with van der Waals surface area (Å²) in [6, 6.07) is 5.17. The quantitative estimate of drug-likeness (QED) is 0.817. The normalized spacial score (nSPS) is 21.9. The van der Waals surface area contributed by atoms with Crippen LogP contribution < -0.4 is 5.32 Å². The molecule has 0 aliphatic carbocycles. The van der Waals surface area contributed by atoms with Crippen molar-refractivity contribution in [3.8, 4) is 0 Å². The van der Waals surface area contributed by atoms with Crippen molar-refractivity contribution in [3.05, 3.63) is 34.9 Å². The third-order valence-electron chi connectivity index (χ3n) is 4.06. The molecule has 0 aromatic heterocycles. The van der Waals surface area contributed by atoms with Crippen molar-refractivity contribution < 1.29 is 14.4 Å². The van der Waals surface area contributed by atoms with Gasteiger partial charge in [0.05, 0.1) is 0 Å². The lowest BCUT2D eigenvalue weighted by Gasteiger charge is -2.29. The number of benzene rings is 1. The van der Waals surface area contributed by atoms with Gasteiger partial charge in [0.25, 0.3) is 5.91 Å². The molecule has 20 heavy (non-hydrogen) atoms. The maximum atomic E-state index is 12.5. The number of carbonyl (C=O) groups is 3. The Kier molecular flexibility index (Phi) is 3.04. The third-order valence-corrected chi connectivity index (χ3v) is 4.06. The minimum Gasteiger partial charge on any atom is -0.322 e. The van der Waals surface area contributed by atoms with Crippen LogP contribution in [0, 0.1) is 0 Å². The molecule has 2 aliphatic heterocycles. The molecule has 1 N–H and O–H groups in total. The molecule has 0 spiro atoms. The minimum atomic E-state index is -0.530. The average Bonchev–Trinajstić information content (AvgIpc) is 2.76. The van der Waals surface area contributed by atoms with Crippen LogP contribution in [0.3, 0.4) is 0 Å². The summed E-state index contributed by atoms with van der Waals surface area (Å²) in [4.78, 5) is 37.2. The molecule has 5 heteroatoms. The van der Waals surface area contributed by atoms with Crippen molar-refractivity contribution in [1.29, 1.82) is 0 Å². The van der Waals surface area contributed by atoms with Gasteiger partial charge in [0, 0.05) is 18.5 Å². The Morgan fingerprint density at radius 2 is 2.10 bits per heavy atom. The summed E-state index contributed by atoms with van der Waals surface area (Å²) >= 11 is 0. The number of carbonyl (C=O) groups excluding carboxylic acids is 3. The molecule has 0 saturated carbocycles. The summed E-state index contributed by atoms with van der Waals surface area (Å²) in [5.41, 5.74) is 2.85. The van der Waals surface area contributed by atoms with E-state index in [-0.39, 0.29) is 24.1 Å². The fraction of sp³-hybridized carbons (Fsp3) is 0.400. The van der Waals surface area contributed by atoms with Crippen molar-refractivity contribution in [2.75, 3.05) is 0 Å². The number of nitrogens with zero attached hydrogens (tertiary/aromatic N) is 1. The fourth-order valence-corrected chi connectivity index (χ4v) is 2.98. The standard InChI is InChI=1S/C15H16N2O3/c1-2-9-4-3-5-10-11(9)8-17(15(10)20)12-6-7-13(18)16-14(12)19/h3-5,12H,2,6-8H2,1H3,(H,16,18,19)/t12-/m1/s1. The second kappa shape index (κ2) is 4.74. The highest BCUT2D eigenvalue weighted by atomic mass is 16.2. The van der Waals surface area contributed by atoms with Gasteiger partial charge in [0.1, 0.15) is 6.04 Å². The molecule has 0 radical (unpaired) electrons. The van der Waals surface area contributed by atoms with Crippen LogP contribution in [-0.2, 0) is 22.6 Å². The van der Waals surface area contributed by atoms with E-state index in [1.54, 1.807) is 4.90 Å². The van der Waals surface area contributed by atoms with Crippen molar-refractivity contribution in [2.24, 2.45) is 0 Å². The van der Waals surface area contributed by atoms with Gasteiger partial charge in [-0.2, -0.15) is 0 Å². The monoisotopic (exact) mass is 272 g/mol. The lowest BCUT2D eigenvalue weighted by atomic mass is 10.0. The molecular weight excluding hydrogens is 256 g/mol. The maximum Gasteiger partial charge on any atom is 0.255 e. The third kappa shape index (κ3) is 1.90. The molecule has 2 heterocycles. The molecule has 5 nitrogen and oxygen atoms in total. The molecule has 1 aromatic carbocycles. The highest BCUT2D eigenvalue weighted by Gasteiger charge is 2.39. The van der Waals surface area contributed by atoms with Crippen LogP contribution in [-0.4, -0.2) is 28.7 Å². The first kappa shape index (κ1) is 12.8. The van der Waals surface area contributed by atoms with E-state index < -0.39 is 6.04 Å². The van der Waals surface area contributed by atoms with E-state index in [1.807, 2.05) is 18.2 Å². The SMILES string of the molecule is CCc1cccc2c1CN([C@@H]1CCC(=O)NC1=O)C2=O. The molecule has 0 bridgehead atoms. The van der Waals surface area contributed by atoms with Crippen LogP contribution in [0.2, 0.25) is 0 Å². The summed E-state index contributed by atoms with van der Waals surface area (Å²) < 4.78 is 0. The van der Waals surface area contributed by atoms with Crippen LogP contribution >= 0.6 is 0 Å². The Bertz CT molecular complexity index is 609. The molecular formula is C15H16N2O3. The first-order valence-corrected chi connectivity index (χ1v) is 6.87. The summed E-state index contributed by atoms with van der Waals surface area (Å²) in [5.74, 6) is -0.727. The second-order valence-electron chi connectivity index (χ2n) is 5.20. The topological polar surface area (TPSA) is 66.5 Å². The van der Waals surface area contributed by atoms with Gasteiger partial charge < -0.3 is 4.90 Å². The molecule has 3 amide bonds. The van der Waals surface area contributed by atoms with E-state index in [4.69, 9.17) is 0 Å². The van der Waals surface area contributed by atoms with E-state index in [1.165, 1.54) is 0 Å². The Hall–Kier alpha value is -2.17. The zero-order valence-electron chi connectivity index (χ0n) is 11.3. The summed E-state index contributed by atoms with van der Waals surface area (Å²) in [6.45, 7) is 2.51. The first-order valence-electron chi connectivity index (χ1n) is 6.87. The van der Waals surface area contributed by atoms with E-state index in [0.29, 0.717) is 18.5 Å². The van der Waals surface area contributed by atoms with Crippen LogP contribution in [0.4, 0.5) is 0 Å². The number of aryl methyl sites for hydroxylation is 1.